The Hall–Kier alpha value is -1.11. The molecular formula is C11H12O. The van der Waals surface area contributed by atoms with Gasteiger partial charge in [-0.1, -0.05) is 30.4 Å². The Morgan fingerprint density at radius 2 is 2.17 bits per heavy atom. The van der Waals surface area contributed by atoms with Gasteiger partial charge in [0.05, 0.1) is 0 Å². The van der Waals surface area contributed by atoms with Crippen molar-refractivity contribution in [1.82, 2.24) is 0 Å². The molecule has 2 aliphatic carbocycles. The zero-order valence-corrected chi connectivity index (χ0v) is 6.99. The van der Waals surface area contributed by atoms with Crippen molar-refractivity contribution in [3.8, 4) is 0 Å². The van der Waals surface area contributed by atoms with Crippen LogP contribution in [0.5, 0.6) is 0 Å². The van der Waals surface area contributed by atoms with E-state index in [0.717, 1.165) is 24.8 Å². The summed E-state index contributed by atoms with van der Waals surface area (Å²) in [5.74, 6) is 0.726. The van der Waals surface area contributed by atoms with Gasteiger partial charge in [0.2, 0.25) is 0 Å². The highest BCUT2D eigenvalue weighted by Crippen LogP contribution is 2.28. The van der Waals surface area contributed by atoms with Crippen molar-refractivity contribution in [3.63, 3.8) is 0 Å². The maximum absolute atomic E-state index is 11.4. The van der Waals surface area contributed by atoms with Gasteiger partial charge in [-0.2, -0.15) is 0 Å². The van der Waals surface area contributed by atoms with Gasteiger partial charge in [-0.15, -0.1) is 0 Å². The van der Waals surface area contributed by atoms with E-state index in [1.54, 1.807) is 0 Å². The number of fused-ring (bicyclic) bond motifs is 1. The van der Waals surface area contributed by atoms with Crippen LogP contribution < -0.4 is 0 Å². The van der Waals surface area contributed by atoms with Gasteiger partial charge in [0.1, 0.15) is 0 Å². The van der Waals surface area contributed by atoms with Gasteiger partial charge in [0.15, 0.2) is 5.78 Å². The quantitative estimate of drug-likeness (QED) is 0.532. The molecule has 0 aromatic carbocycles. The average molecular weight is 160 g/mol. The molecule has 0 N–H and O–H groups in total. The number of hydrogen-bond acceptors (Lipinski definition) is 1. The molecule has 0 amide bonds. The molecule has 2 rings (SSSR count). The highest BCUT2D eigenvalue weighted by Gasteiger charge is 2.23. The molecule has 0 aromatic rings. The number of carbonyl (C=O) groups is 1. The van der Waals surface area contributed by atoms with Gasteiger partial charge in [0.25, 0.3) is 0 Å². The van der Waals surface area contributed by atoms with E-state index in [1.807, 2.05) is 24.3 Å². The van der Waals surface area contributed by atoms with Crippen molar-refractivity contribution in [3.05, 3.63) is 36.0 Å². The fourth-order valence-corrected chi connectivity index (χ4v) is 1.83. The molecule has 0 aliphatic heterocycles. The molecule has 1 heteroatoms. The third-order valence-corrected chi connectivity index (χ3v) is 2.48. The summed E-state index contributed by atoms with van der Waals surface area (Å²) in [6.07, 6.45) is 13.0. The lowest BCUT2D eigenvalue weighted by molar-refractivity contribution is -0.116. The van der Waals surface area contributed by atoms with E-state index in [4.69, 9.17) is 0 Å². The summed E-state index contributed by atoms with van der Waals surface area (Å²) in [5, 5.41) is 0. The Labute approximate surface area is 72.5 Å². The van der Waals surface area contributed by atoms with E-state index in [1.165, 1.54) is 0 Å². The molecule has 12 heavy (non-hydrogen) atoms. The summed E-state index contributed by atoms with van der Waals surface area (Å²) in [7, 11) is 0. The Morgan fingerprint density at radius 3 is 3.08 bits per heavy atom. The third kappa shape index (κ3) is 1.27. The first-order chi connectivity index (χ1) is 5.88. The van der Waals surface area contributed by atoms with E-state index in [2.05, 4.69) is 6.08 Å². The molecule has 0 spiro atoms. The zero-order valence-electron chi connectivity index (χ0n) is 6.99. The lowest BCUT2D eigenvalue weighted by atomic mass is 9.83. The highest BCUT2D eigenvalue weighted by molar-refractivity contribution is 5.97. The molecule has 1 saturated carbocycles. The van der Waals surface area contributed by atoms with Crippen molar-refractivity contribution >= 4 is 5.78 Å². The highest BCUT2D eigenvalue weighted by atomic mass is 16.1. The van der Waals surface area contributed by atoms with E-state index < -0.39 is 0 Å². The number of allylic oxidation sites excluding steroid dienone is 6. The summed E-state index contributed by atoms with van der Waals surface area (Å²) in [4.78, 5) is 11.4. The number of rotatable bonds is 0. The molecule has 0 aromatic heterocycles. The topological polar surface area (TPSA) is 17.1 Å². The standard InChI is InChI=1S/C11H12O/c12-11-8-4-6-9-5-2-1-3-7-10(9)11/h1-3,5,7,9H,4,6,8H2. The monoisotopic (exact) mass is 160 g/mol. The van der Waals surface area contributed by atoms with Crippen molar-refractivity contribution in [2.45, 2.75) is 19.3 Å². The SMILES string of the molecule is O=C1CCCC2C=CC=CC=C12. The van der Waals surface area contributed by atoms with Crippen LogP contribution in [-0.4, -0.2) is 5.78 Å². The predicted octanol–water partition coefficient (Wildman–Crippen LogP) is 2.41. The largest absolute Gasteiger partial charge is 0.295 e. The van der Waals surface area contributed by atoms with E-state index >= 15 is 0 Å². The van der Waals surface area contributed by atoms with Crippen LogP contribution in [0.15, 0.2) is 36.0 Å². The molecular weight excluding hydrogens is 148 g/mol. The maximum Gasteiger partial charge on any atom is 0.159 e. The molecule has 0 radical (unpaired) electrons. The Balaban J connectivity index is 2.32. The molecule has 1 fully saturated rings. The van der Waals surface area contributed by atoms with Gasteiger partial charge < -0.3 is 0 Å². The van der Waals surface area contributed by atoms with Gasteiger partial charge in [0, 0.05) is 17.9 Å². The molecule has 0 bridgehead atoms. The molecule has 0 heterocycles. The molecule has 1 nitrogen and oxygen atoms in total. The first-order valence-electron chi connectivity index (χ1n) is 4.46. The first-order valence-corrected chi connectivity index (χ1v) is 4.46. The second kappa shape index (κ2) is 3.10. The van der Waals surface area contributed by atoms with Crippen molar-refractivity contribution in [2.75, 3.05) is 0 Å². The molecule has 0 saturated heterocycles. The Kier molecular flexibility index (Phi) is 1.94. The van der Waals surface area contributed by atoms with Crippen LogP contribution in [0.3, 0.4) is 0 Å². The van der Waals surface area contributed by atoms with Crippen LogP contribution >= 0.6 is 0 Å². The summed E-state index contributed by atoms with van der Waals surface area (Å²) in [6, 6.07) is 0. The molecule has 1 atom stereocenters. The predicted molar refractivity (Wildman–Crippen MR) is 48.7 cm³/mol. The Morgan fingerprint density at radius 1 is 1.25 bits per heavy atom. The molecule has 62 valence electrons. The lowest BCUT2D eigenvalue weighted by Gasteiger charge is -2.20. The van der Waals surface area contributed by atoms with E-state index in [9.17, 15) is 4.79 Å². The average Bonchev–Trinajstić information content (AvgIpc) is 2.30. The number of Topliss-reactive ketones (excluding diaryl/α,β-unsaturated/α-hetero) is 1. The maximum atomic E-state index is 11.4. The van der Waals surface area contributed by atoms with Crippen molar-refractivity contribution in [2.24, 2.45) is 5.92 Å². The number of hydrogen-bond donors (Lipinski definition) is 0. The number of ketones is 1. The normalized spacial score (nSPS) is 27.8. The molecule has 2 aliphatic rings. The Bertz CT molecular complexity index is 281. The van der Waals surface area contributed by atoms with Crippen LogP contribution in [0.2, 0.25) is 0 Å². The van der Waals surface area contributed by atoms with Crippen LogP contribution in [-0.2, 0) is 4.79 Å². The zero-order chi connectivity index (χ0) is 8.39. The fourth-order valence-electron chi connectivity index (χ4n) is 1.83. The third-order valence-electron chi connectivity index (χ3n) is 2.48. The summed E-state index contributed by atoms with van der Waals surface area (Å²) in [5.41, 5.74) is 1.01. The first kappa shape index (κ1) is 7.53. The van der Waals surface area contributed by atoms with Crippen LogP contribution in [0.4, 0.5) is 0 Å². The molecule has 1 unspecified atom stereocenters. The van der Waals surface area contributed by atoms with Gasteiger partial charge in [-0.05, 0) is 12.8 Å². The summed E-state index contributed by atoms with van der Waals surface area (Å²) >= 11 is 0. The fraction of sp³-hybridized carbons (Fsp3) is 0.364. The second-order valence-electron chi connectivity index (χ2n) is 3.31. The minimum absolute atomic E-state index is 0.336. The van der Waals surface area contributed by atoms with Crippen LogP contribution in [0.1, 0.15) is 19.3 Å². The number of carbonyl (C=O) groups excluding carboxylic acids is 1. The minimum Gasteiger partial charge on any atom is -0.295 e. The lowest BCUT2D eigenvalue weighted by Crippen LogP contribution is -2.16. The van der Waals surface area contributed by atoms with E-state index in [-0.39, 0.29) is 0 Å². The van der Waals surface area contributed by atoms with E-state index in [0.29, 0.717) is 11.7 Å². The van der Waals surface area contributed by atoms with Gasteiger partial charge >= 0.3 is 0 Å². The minimum atomic E-state index is 0.336. The van der Waals surface area contributed by atoms with Crippen LogP contribution in [0.25, 0.3) is 0 Å². The van der Waals surface area contributed by atoms with Crippen molar-refractivity contribution in [1.29, 1.82) is 0 Å². The second-order valence-corrected chi connectivity index (χ2v) is 3.31. The van der Waals surface area contributed by atoms with Gasteiger partial charge in [-0.25, -0.2) is 0 Å². The summed E-state index contributed by atoms with van der Waals surface area (Å²) < 4.78 is 0. The van der Waals surface area contributed by atoms with Crippen LogP contribution in [0, 0.1) is 5.92 Å². The van der Waals surface area contributed by atoms with Crippen molar-refractivity contribution < 1.29 is 4.79 Å². The van der Waals surface area contributed by atoms with Gasteiger partial charge in [-0.3, -0.25) is 4.79 Å². The summed E-state index contributed by atoms with van der Waals surface area (Å²) in [6.45, 7) is 0. The smallest absolute Gasteiger partial charge is 0.159 e.